The van der Waals surface area contributed by atoms with Gasteiger partial charge in [0.15, 0.2) is 5.82 Å². The SMILES string of the molecule is CCCCN(CC)c1ncc(C#N)cc1N. The summed E-state index contributed by atoms with van der Waals surface area (Å²) in [6.07, 6.45) is 3.84. The first kappa shape index (κ1) is 12.3. The zero-order valence-corrected chi connectivity index (χ0v) is 9.90. The van der Waals surface area contributed by atoms with E-state index in [0.717, 1.165) is 31.7 Å². The Morgan fingerprint density at radius 1 is 1.50 bits per heavy atom. The smallest absolute Gasteiger partial charge is 0.151 e. The van der Waals surface area contributed by atoms with Gasteiger partial charge in [-0.15, -0.1) is 0 Å². The molecule has 86 valence electrons. The molecule has 1 aromatic heterocycles. The number of hydrogen-bond donors (Lipinski definition) is 1. The predicted octanol–water partition coefficient (Wildman–Crippen LogP) is 2.16. The van der Waals surface area contributed by atoms with E-state index >= 15 is 0 Å². The Morgan fingerprint density at radius 2 is 2.25 bits per heavy atom. The second-order valence-corrected chi connectivity index (χ2v) is 3.68. The molecular weight excluding hydrogens is 200 g/mol. The zero-order chi connectivity index (χ0) is 12.0. The molecule has 0 amide bonds. The molecule has 0 atom stereocenters. The van der Waals surface area contributed by atoms with Crippen LogP contribution >= 0.6 is 0 Å². The van der Waals surface area contributed by atoms with E-state index < -0.39 is 0 Å². The fraction of sp³-hybridized carbons (Fsp3) is 0.500. The highest BCUT2D eigenvalue weighted by Crippen LogP contribution is 2.21. The van der Waals surface area contributed by atoms with Crippen LogP contribution in [0.25, 0.3) is 0 Å². The molecule has 0 fully saturated rings. The fourth-order valence-corrected chi connectivity index (χ4v) is 1.56. The van der Waals surface area contributed by atoms with Gasteiger partial charge in [-0.25, -0.2) is 4.98 Å². The molecule has 0 bridgehead atoms. The van der Waals surface area contributed by atoms with Crippen LogP contribution in [0.15, 0.2) is 12.3 Å². The molecule has 0 radical (unpaired) electrons. The lowest BCUT2D eigenvalue weighted by Crippen LogP contribution is -2.25. The maximum absolute atomic E-state index is 8.73. The molecule has 0 spiro atoms. The van der Waals surface area contributed by atoms with E-state index in [4.69, 9.17) is 11.0 Å². The van der Waals surface area contributed by atoms with Crippen LogP contribution < -0.4 is 10.6 Å². The molecule has 1 aromatic rings. The second-order valence-electron chi connectivity index (χ2n) is 3.68. The van der Waals surface area contributed by atoms with Gasteiger partial charge < -0.3 is 10.6 Å². The summed E-state index contributed by atoms with van der Waals surface area (Å²) in [5, 5.41) is 8.73. The van der Waals surface area contributed by atoms with Gasteiger partial charge >= 0.3 is 0 Å². The van der Waals surface area contributed by atoms with Crippen LogP contribution in [0.4, 0.5) is 11.5 Å². The lowest BCUT2D eigenvalue weighted by Gasteiger charge is -2.22. The molecule has 0 aliphatic carbocycles. The Bertz CT molecular complexity index is 381. The maximum Gasteiger partial charge on any atom is 0.151 e. The lowest BCUT2D eigenvalue weighted by molar-refractivity contribution is 0.725. The van der Waals surface area contributed by atoms with Gasteiger partial charge in [0, 0.05) is 19.3 Å². The highest BCUT2D eigenvalue weighted by Gasteiger charge is 2.09. The van der Waals surface area contributed by atoms with Crippen LogP contribution in [0.3, 0.4) is 0 Å². The van der Waals surface area contributed by atoms with Crippen LogP contribution in [0, 0.1) is 11.3 Å². The largest absolute Gasteiger partial charge is 0.396 e. The Hall–Kier alpha value is -1.76. The number of hydrogen-bond acceptors (Lipinski definition) is 4. The quantitative estimate of drug-likeness (QED) is 0.822. The molecule has 0 aliphatic rings. The number of pyridine rings is 1. The summed E-state index contributed by atoms with van der Waals surface area (Å²) in [5.41, 5.74) is 6.98. The first-order valence-corrected chi connectivity index (χ1v) is 5.63. The molecule has 16 heavy (non-hydrogen) atoms. The third kappa shape index (κ3) is 2.86. The molecule has 4 heteroatoms. The van der Waals surface area contributed by atoms with Gasteiger partial charge in [-0.05, 0) is 19.4 Å². The van der Waals surface area contributed by atoms with Crippen molar-refractivity contribution >= 4 is 11.5 Å². The van der Waals surface area contributed by atoms with Crippen molar-refractivity contribution in [1.82, 2.24) is 4.98 Å². The van der Waals surface area contributed by atoms with E-state index in [0.29, 0.717) is 11.3 Å². The number of nitrogens with two attached hydrogens (primary N) is 1. The Morgan fingerprint density at radius 3 is 2.75 bits per heavy atom. The molecule has 1 rings (SSSR count). The van der Waals surface area contributed by atoms with Crippen molar-refractivity contribution in [3.63, 3.8) is 0 Å². The average molecular weight is 218 g/mol. The molecule has 0 unspecified atom stereocenters. The fourth-order valence-electron chi connectivity index (χ4n) is 1.56. The summed E-state index contributed by atoms with van der Waals surface area (Å²) in [7, 11) is 0. The maximum atomic E-state index is 8.73. The van der Waals surface area contributed by atoms with Crippen molar-refractivity contribution in [2.24, 2.45) is 0 Å². The standard InChI is InChI=1S/C12H18N4/c1-3-5-6-16(4-2)12-11(14)7-10(8-13)9-15-12/h7,9H,3-6,14H2,1-2H3. The number of nitrogens with zero attached hydrogens (tertiary/aromatic N) is 3. The van der Waals surface area contributed by atoms with Crippen molar-refractivity contribution in [3.8, 4) is 6.07 Å². The van der Waals surface area contributed by atoms with Gasteiger partial charge in [-0.1, -0.05) is 13.3 Å². The minimum atomic E-state index is 0.507. The summed E-state index contributed by atoms with van der Waals surface area (Å²) in [6, 6.07) is 3.71. The topological polar surface area (TPSA) is 65.9 Å². The van der Waals surface area contributed by atoms with Gasteiger partial charge in [-0.2, -0.15) is 5.26 Å². The van der Waals surface area contributed by atoms with Crippen molar-refractivity contribution < 1.29 is 0 Å². The van der Waals surface area contributed by atoms with Crippen molar-refractivity contribution in [2.75, 3.05) is 23.7 Å². The molecule has 2 N–H and O–H groups in total. The van der Waals surface area contributed by atoms with Gasteiger partial charge in [0.2, 0.25) is 0 Å². The number of nitrogen functional groups attached to an aromatic ring is 1. The number of anilines is 2. The highest BCUT2D eigenvalue weighted by atomic mass is 15.2. The van der Waals surface area contributed by atoms with E-state index in [1.165, 1.54) is 0 Å². The summed E-state index contributed by atoms with van der Waals surface area (Å²) in [6.45, 7) is 6.07. The van der Waals surface area contributed by atoms with Gasteiger partial charge in [0.1, 0.15) is 6.07 Å². The van der Waals surface area contributed by atoms with Crippen LogP contribution in [-0.2, 0) is 0 Å². The summed E-state index contributed by atoms with van der Waals surface area (Å²) >= 11 is 0. The van der Waals surface area contributed by atoms with Crippen molar-refractivity contribution in [1.29, 1.82) is 5.26 Å². The van der Waals surface area contributed by atoms with Gasteiger partial charge in [0.05, 0.1) is 11.3 Å². The van der Waals surface area contributed by atoms with E-state index in [9.17, 15) is 0 Å². The average Bonchev–Trinajstić information content (AvgIpc) is 2.31. The first-order valence-electron chi connectivity index (χ1n) is 5.63. The zero-order valence-electron chi connectivity index (χ0n) is 9.90. The van der Waals surface area contributed by atoms with Crippen LogP contribution in [0.2, 0.25) is 0 Å². The molecule has 4 nitrogen and oxygen atoms in total. The Balaban J connectivity index is 2.89. The second kappa shape index (κ2) is 5.96. The molecular formula is C12H18N4. The van der Waals surface area contributed by atoms with Crippen molar-refractivity contribution in [3.05, 3.63) is 17.8 Å². The van der Waals surface area contributed by atoms with Gasteiger partial charge in [-0.3, -0.25) is 0 Å². The van der Waals surface area contributed by atoms with E-state index in [1.54, 1.807) is 12.3 Å². The first-order chi connectivity index (χ1) is 7.72. The third-order valence-corrected chi connectivity index (χ3v) is 2.49. The molecule has 0 aromatic carbocycles. The van der Waals surface area contributed by atoms with Crippen LogP contribution in [0.1, 0.15) is 32.3 Å². The Labute approximate surface area is 96.7 Å². The monoisotopic (exact) mass is 218 g/mol. The number of unbranched alkanes of at least 4 members (excludes halogenated alkanes) is 1. The van der Waals surface area contributed by atoms with E-state index in [-0.39, 0.29) is 0 Å². The molecule has 0 saturated heterocycles. The Kier molecular flexibility index (Phi) is 4.59. The minimum Gasteiger partial charge on any atom is -0.396 e. The third-order valence-electron chi connectivity index (χ3n) is 2.49. The molecule has 0 saturated carbocycles. The van der Waals surface area contributed by atoms with E-state index in [1.807, 2.05) is 6.07 Å². The highest BCUT2D eigenvalue weighted by molar-refractivity contribution is 5.64. The summed E-state index contributed by atoms with van der Waals surface area (Å²) in [5.74, 6) is 0.787. The normalized spacial score (nSPS) is 9.81. The summed E-state index contributed by atoms with van der Waals surface area (Å²) < 4.78 is 0. The van der Waals surface area contributed by atoms with Crippen molar-refractivity contribution in [2.45, 2.75) is 26.7 Å². The number of nitriles is 1. The van der Waals surface area contributed by atoms with E-state index in [2.05, 4.69) is 23.7 Å². The number of rotatable bonds is 5. The van der Waals surface area contributed by atoms with Crippen LogP contribution in [-0.4, -0.2) is 18.1 Å². The van der Waals surface area contributed by atoms with Crippen LogP contribution in [0.5, 0.6) is 0 Å². The van der Waals surface area contributed by atoms with Gasteiger partial charge in [0.25, 0.3) is 0 Å². The lowest BCUT2D eigenvalue weighted by atomic mass is 10.2. The minimum absolute atomic E-state index is 0.507. The summed E-state index contributed by atoms with van der Waals surface area (Å²) in [4.78, 5) is 6.39. The molecule has 1 heterocycles. The predicted molar refractivity (Wildman–Crippen MR) is 66.2 cm³/mol. The number of aromatic nitrogens is 1. The molecule has 0 aliphatic heterocycles.